The summed E-state index contributed by atoms with van der Waals surface area (Å²) in [6, 6.07) is 4.88. The Hall–Kier alpha value is -1.42. The van der Waals surface area contributed by atoms with Crippen molar-refractivity contribution in [2.75, 3.05) is 0 Å². The Kier molecular flexibility index (Phi) is 2.63. The molecule has 3 rings (SSSR count). The van der Waals surface area contributed by atoms with E-state index in [4.69, 9.17) is 7.85 Å². The number of carbonyl (C=O) groups is 2. The number of rotatable bonds is 0. The van der Waals surface area contributed by atoms with Crippen molar-refractivity contribution in [2.24, 2.45) is 11.8 Å². The summed E-state index contributed by atoms with van der Waals surface area (Å²) in [7, 11) is 5.68. The van der Waals surface area contributed by atoms with Gasteiger partial charge in [0.15, 0.2) is 11.6 Å². The standard InChI is InChI=1S/C14H8BBrO2/c15-7-1-3-9-11(5-7)13(17)10-4-2-8(16)6-12(10)14(9)18/h1-6,10,12H. The minimum atomic E-state index is -0.395. The number of allylic oxidation sites excluding steroid dienone is 4. The first kappa shape index (κ1) is 11.7. The Labute approximate surface area is 114 Å². The average Bonchev–Trinajstić information content (AvgIpc) is 2.36. The lowest BCUT2D eigenvalue weighted by atomic mass is 9.71. The van der Waals surface area contributed by atoms with E-state index in [2.05, 4.69) is 15.9 Å². The minimum Gasteiger partial charge on any atom is -0.293 e. The molecule has 0 amide bonds. The fourth-order valence-electron chi connectivity index (χ4n) is 2.48. The van der Waals surface area contributed by atoms with Crippen molar-refractivity contribution >= 4 is 40.8 Å². The van der Waals surface area contributed by atoms with Crippen molar-refractivity contribution in [1.29, 1.82) is 0 Å². The van der Waals surface area contributed by atoms with Gasteiger partial charge in [-0.05, 0) is 0 Å². The van der Waals surface area contributed by atoms with Gasteiger partial charge in [-0.3, -0.25) is 9.59 Å². The van der Waals surface area contributed by atoms with Crippen molar-refractivity contribution in [3.8, 4) is 0 Å². The highest BCUT2D eigenvalue weighted by molar-refractivity contribution is 9.11. The zero-order valence-electron chi connectivity index (χ0n) is 9.39. The molecule has 0 fully saturated rings. The maximum absolute atomic E-state index is 12.4. The van der Waals surface area contributed by atoms with Crippen LogP contribution in [0.2, 0.25) is 0 Å². The first-order valence-corrected chi connectivity index (χ1v) is 6.40. The van der Waals surface area contributed by atoms with Crippen molar-refractivity contribution in [3.63, 3.8) is 0 Å². The van der Waals surface area contributed by atoms with Gasteiger partial charge in [-0.1, -0.05) is 57.8 Å². The first-order chi connectivity index (χ1) is 8.58. The number of hydrogen-bond acceptors (Lipinski definition) is 2. The van der Waals surface area contributed by atoms with E-state index in [9.17, 15) is 9.59 Å². The Morgan fingerprint density at radius 3 is 2.56 bits per heavy atom. The smallest absolute Gasteiger partial charge is 0.171 e. The number of benzene rings is 1. The van der Waals surface area contributed by atoms with Gasteiger partial charge >= 0.3 is 0 Å². The second-order valence-corrected chi connectivity index (χ2v) is 5.41. The molecule has 86 valence electrons. The lowest BCUT2D eigenvalue weighted by molar-refractivity contribution is 0.0801. The van der Waals surface area contributed by atoms with Gasteiger partial charge in [0, 0.05) is 15.6 Å². The van der Waals surface area contributed by atoms with Gasteiger partial charge in [-0.25, -0.2) is 0 Å². The second-order valence-electron chi connectivity index (χ2n) is 4.50. The van der Waals surface area contributed by atoms with Gasteiger partial charge in [-0.15, -0.1) is 0 Å². The van der Waals surface area contributed by atoms with E-state index < -0.39 is 11.8 Å². The lowest BCUT2D eigenvalue weighted by Crippen LogP contribution is -2.36. The summed E-state index contributed by atoms with van der Waals surface area (Å²) in [5.41, 5.74) is 1.42. The predicted molar refractivity (Wildman–Crippen MR) is 73.6 cm³/mol. The summed E-state index contributed by atoms with van der Waals surface area (Å²) in [6.07, 6.45) is 5.38. The highest BCUT2D eigenvalue weighted by Gasteiger charge is 2.39. The molecule has 1 aromatic carbocycles. The number of ketones is 2. The van der Waals surface area contributed by atoms with Gasteiger partial charge in [0.25, 0.3) is 0 Å². The molecule has 0 aromatic heterocycles. The highest BCUT2D eigenvalue weighted by Crippen LogP contribution is 2.36. The zero-order chi connectivity index (χ0) is 12.9. The molecule has 2 aliphatic carbocycles. The fraction of sp³-hybridized carbons (Fsp3) is 0.143. The third-order valence-electron chi connectivity index (χ3n) is 3.37. The molecular weight excluding hydrogens is 291 g/mol. The summed E-state index contributed by atoms with van der Waals surface area (Å²) in [5, 5.41) is 0. The summed E-state index contributed by atoms with van der Waals surface area (Å²) in [6.45, 7) is 0. The minimum absolute atomic E-state index is 0.0177. The molecule has 0 bridgehead atoms. The van der Waals surface area contributed by atoms with E-state index in [1.807, 2.05) is 6.08 Å². The van der Waals surface area contributed by atoms with Crippen LogP contribution in [0.4, 0.5) is 0 Å². The van der Waals surface area contributed by atoms with Crippen LogP contribution in [0.1, 0.15) is 20.7 Å². The van der Waals surface area contributed by atoms with E-state index in [0.29, 0.717) is 16.6 Å². The van der Waals surface area contributed by atoms with Gasteiger partial charge in [-0.2, -0.15) is 0 Å². The van der Waals surface area contributed by atoms with Crippen LogP contribution in [0.25, 0.3) is 0 Å². The molecular formula is C14H8BBrO2. The molecule has 2 aliphatic rings. The quantitative estimate of drug-likeness (QED) is 0.686. The summed E-state index contributed by atoms with van der Waals surface area (Å²) < 4.78 is 0.837. The number of carbonyl (C=O) groups excluding carboxylic acids is 2. The number of hydrogen-bond donors (Lipinski definition) is 0. The van der Waals surface area contributed by atoms with E-state index in [1.54, 1.807) is 30.4 Å². The fourth-order valence-corrected chi connectivity index (χ4v) is 2.91. The molecule has 2 unspecified atom stereocenters. The van der Waals surface area contributed by atoms with Crippen molar-refractivity contribution < 1.29 is 9.59 Å². The summed E-state index contributed by atoms with van der Waals surface area (Å²) >= 11 is 3.34. The van der Waals surface area contributed by atoms with E-state index in [1.165, 1.54) is 0 Å². The first-order valence-electron chi connectivity index (χ1n) is 5.61. The van der Waals surface area contributed by atoms with E-state index >= 15 is 0 Å². The van der Waals surface area contributed by atoms with Crippen molar-refractivity contribution in [2.45, 2.75) is 0 Å². The molecule has 1 aromatic rings. The molecule has 0 spiro atoms. The second kappa shape index (κ2) is 4.06. The zero-order valence-corrected chi connectivity index (χ0v) is 11.0. The van der Waals surface area contributed by atoms with Gasteiger partial charge in [0.2, 0.25) is 0 Å². The van der Waals surface area contributed by atoms with Gasteiger partial charge < -0.3 is 0 Å². The monoisotopic (exact) mass is 298 g/mol. The summed E-state index contributed by atoms with van der Waals surface area (Å²) in [5.74, 6) is -0.841. The molecule has 0 heterocycles. The largest absolute Gasteiger partial charge is 0.293 e. The number of Topliss-reactive ketones (excluding diaryl/α,β-unsaturated/α-hetero) is 2. The van der Waals surface area contributed by atoms with E-state index in [-0.39, 0.29) is 11.6 Å². The summed E-state index contributed by atoms with van der Waals surface area (Å²) in [4.78, 5) is 24.7. The maximum Gasteiger partial charge on any atom is 0.171 e. The van der Waals surface area contributed by atoms with Crippen LogP contribution in [-0.4, -0.2) is 19.4 Å². The molecule has 0 saturated carbocycles. The van der Waals surface area contributed by atoms with Crippen LogP contribution in [0.5, 0.6) is 0 Å². The third kappa shape index (κ3) is 1.63. The molecule has 0 aliphatic heterocycles. The van der Waals surface area contributed by atoms with Crippen LogP contribution in [0.15, 0.2) is 40.9 Å². The predicted octanol–water partition coefficient (Wildman–Crippen LogP) is 1.94. The molecule has 2 nitrogen and oxygen atoms in total. The molecule has 0 saturated heterocycles. The van der Waals surface area contributed by atoms with Crippen LogP contribution in [0, 0.1) is 11.8 Å². The number of fused-ring (bicyclic) bond motifs is 2. The molecule has 4 heteroatoms. The maximum atomic E-state index is 12.4. The third-order valence-corrected chi connectivity index (χ3v) is 3.90. The average molecular weight is 299 g/mol. The highest BCUT2D eigenvalue weighted by atomic mass is 79.9. The topological polar surface area (TPSA) is 34.1 Å². The number of halogens is 1. The van der Waals surface area contributed by atoms with Crippen molar-refractivity contribution in [3.05, 3.63) is 52.0 Å². The van der Waals surface area contributed by atoms with E-state index in [0.717, 1.165) is 4.48 Å². The Morgan fingerprint density at radius 1 is 1.06 bits per heavy atom. The molecule has 2 radical (unpaired) electrons. The Balaban J connectivity index is 2.19. The SMILES string of the molecule is [B]c1ccc2c(c1)C(=O)C1C=CC(Br)=CC1C2=O. The normalized spacial score (nSPS) is 25.5. The van der Waals surface area contributed by atoms with Crippen LogP contribution < -0.4 is 5.46 Å². The Morgan fingerprint density at radius 2 is 1.78 bits per heavy atom. The van der Waals surface area contributed by atoms with Gasteiger partial charge in [0.05, 0.1) is 11.8 Å². The van der Waals surface area contributed by atoms with Crippen LogP contribution in [0.3, 0.4) is 0 Å². The van der Waals surface area contributed by atoms with Gasteiger partial charge in [0.1, 0.15) is 7.85 Å². The van der Waals surface area contributed by atoms with Crippen LogP contribution in [-0.2, 0) is 0 Å². The Bertz CT molecular complexity index is 631. The van der Waals surface area contributed by atoms with Crippen LogP contribution >= 0.6 is 15.9 Å². The lowest BCUT2D eigenvalue weighted by Gasteiger charge is -2.29. The molecule has 0 N–H and O–H groups in total. The molecule has 2 atom stereocenters. The molecule has 18 heavy (non-hydrogen) atoms. The van der Waals surface area contributed by atoms with Crippen molar-refractivity contribution in [1.82, 2.24) is 0 Å².